The molecule has 2 aromatic rings. The van der Waals surface area contributed by atoms with Crippen LogP contribution in [0.15, 0.2) is 30.5 Å². The van der Waals surface area contributed by atoms with Gasteiger partial charge in [-0.2, -0.15) is 0 Å². The maximum atomic E-state index is 8.87. The van der Waals surface area contributed by atoms with Crippen molar-refractivity contribution in [2.75, 3.05) is 19.8 Å². The van der Waals surface area contributed by atoms with Crippen LogP contribution in [-0.4, -0.2) is 39.3 Å². The van der Waals surface area contributed by atoms with E-state index in [-0.39, 0.29) is 6.61 Å². The normalized spacial score (nSPS) is 18.5. The lowest BCUT2D eigenvalue weighted by molar-refractivity contribution is 0.200. The maximum Gasteiger partial charge on any atom is 0.126 e. The van der Waals surface area contributed by atoms with Crippen molar-refractivity contribution in [3.8, 4) is 5.75 Å². The smallest absolute Gasteiger partial charge is 0.126 e. The van der Waals surface area contributed by atoms with Crippen molar-refractivity contribution in [1.82, 2.24) is 14.5 Å². The average molecular weight is 315 g/mol. The van der Waals surface area contributed by atoms with E-state index in [4.69, 9.17) is 14.8 Å². The zero-order chi connectivity index (χ0) is 16.2. The van der Waals surface area contributed by atoms with Gasteiger partial charge >= 0.3 is 0 Å². The predicted octanol–water partition coefficient (Wildman–Crippen LogP) is 2.44. The highest BCUT2D eigenvalue weighted by Crippen LogP contribution is 2.32. The van der Waals surface area contributed by atoms with Crippen LogP contribution in [0.1, 0.15) is 36.0 Å². The lowest BCUT2D eigenvalue weighted by Crippen LogP contribution is -2.24. The number of hydrogen-bond acceptors (Lipinski definition) is 4. The van der Waals surface area contributed by atoms with E-state index in [0.717, 1.165) is 36.8 Å². The highest BCUT2D eigenvalue weighted by atomic mass is 16.5. The first-order valence-corrected chi connectivity index (χ1v) is 8.24. The van der Waals surface area contributed by atoms with Gasteiger partial charge in [-0.1, -0.05) is 12.1 Å². The summed E-state index contributed by atoms with van der Waals surface area (Å²) in [7, 11) is 2.08. The van der Waals surface area contributed by atoms with E-state index < -0.39 is 0 Å². The third-order valence-corrected chi connectivity index (χ3v) is 4.34. The van der Waals surface area contributed by atoms with Crippen molar-refractivity contribution < 1.29 is 9.84 Å². The van der Waals surface area contributed by atoms with Crippen LogP contribution >= 0.6 is 0 Å². The van der Waals surface area contributed by atoms with Gasteiger partial charge in [-0.15, -0.1) is 0 Å². The van der Waals surface area contributed by atoms with Gasteiger partial charge in [0.1, 0.15) is 18.2 Å². The number of hydrogen-bond donors (Lipinski definition) is 1. The Kier molecular flexibility index (Phi) is 4.98. The average Bonchev–Trinajstić information content (AvgIpc) is 3.11. The maximum absolute atomic E-state index is 8.87. The van der Waals surface area contributed by atoms with E-state index in [1.165, 1.54) is 12.0 Å². The Labute approximate surface area is 137 Å². The topological polar surface area (TPSA) is 50.5 Å². The van der Waals surface area contributed by atoms with Crippen LogP contribution < -0.4 is 4.74 Å². The fourth-order valence-electron chi connectivity index (χ4n) is 3.38. The van der Waals surface area contributed by atoms with Crippen molar-refractivity contribution >= 4 is 0 Å². The van der Waals surface area contributed by atoms with Gasteiger partial charge in [0.15, 0.2) is 0 Å². The molecule has 1 aliphatic heterocycles. The van der Waals surface area contributed by atoms with Gasteiger partial charge in [0.05, 0.1) is 18.3 Å². The summed E-state index contributed by atoms with van der Waals surface area (Å²) in [5, 5.41) is 8.87. The summed E-state index contributed by atoms with van der Waals surface area (Å²) >= 11 is 0. The summed E-state index contributed by atoms with van der Waals surface area (Å²) in [5.74, 6) is 1.98. The largest absolute Gasteiger partial charge is 0.491 e. The van der Waals surface area contributed by atoms with E-state index in [1.54, 1.807) is 0 Å². The number of aromatic nitrogens is 2. The Bertz CT molecular complexity index is 653. The summed E-state index contributed by atoms with van der Waals surface area (Å²) in [4.78, 5) is 7.20. The second-order valence-corrected chi connectivity index (χ2v) is 6.20. The van der Waals surface area contributed by atoms with Crippen LogP contribution in [0.2, 0.25) is 0 Å². The van der Waals surface area contributed by atoms with Crippen LogP contribution in [0.3, 0.4) is 0 Å². The first-order valence-electron chi connectivity index (χ1n) is 8.24. The van der Waals surface area contributed by atoms with E-state index in [0.29, 0.717) is 12.6 Å². The molecule has 1 aromatic carbocycles. The predicted molar refractivity (Wildman–Crippen MR) is 89.4 cm³/mol. The molecule has 0 spiro atoms. The third kappa shape index (κ3) is 3.74. The van der Waals surface area contributed by atoms with Gasteiger partial charge in [0.2, 0.25) is 0 Å². The molecule has 1 fully saturated rings. The number of rotatable bonds is 6. The molecule has 1 saturated heterocycles. The Morgan fingerprint density at radius 1 is 1.39 bits per heavy atom. The molecular weight excluding hydrogens is 290 g/mol. The van der Waals surface area contributed by atoms with E-state index in [9.17, 15) is 0 Å². The number of likely N-dealkylation sites (tertiary alicyclic amines) is 1. The Morgan fingerprint density at radius 2 is 2.26 bits per heavy atom. The van der Waals surface area contributed by atoms with Gasteiger partial charge in [-0.3, -0.25) is 4.90 Å². The molecule has 0 saturated carbocycles. The highest BCUT2D eigenvalue weighted by molar-refractivity contribution is 5.28. The highest BCUT2D eigenvalue weighted by Gasteiger charge is 2.29. The molecule has 3 rings (SSSR count). The monoisotopic (exact) mass is 315 g/mol. The summed E-state index contributed by atoms with van der Waals surface area (Å²) in [5.41, 5.74) is 2.31. The van der Waals surface area contributed by atoms with E-state index in [2.05, 4.69) is 34.8 Å². The minimum absolute atomic E-state index is 0.0386. The Balaban J connectivity index is 1.72. The zero-order valence-corrected chi connectivity index (χ0v) is 13.9. The number of ether oxygens (including phenoxy) is 1. The number of imidazole rings is 1. The molecule has 0 amide bonds. The fourth-order valence-corrected chi connectivity index (χ4v) is 3.38. The fraction of sp³-hybridized carbons (Fsp3) is 0.500. The summed E-state index contributed by atoms with van der Waals surface area (Å²) in [6.45, 7) is 4.41. The van der Waals surface area contributed by atoms with Crippen LogP contribution in [0.4, 0.5) is 0 Å². The van der Waals surface area contributed by atoms with Gasteiger partial charge < -0.3 is 14.4 Å². The van der Waals surface area contributed by atoms with Crippen LogP contribution in [0, 0.1) is 6.92 Å². The molecule has 0 unspecified atom stereocenters. The summed E-state index contributed by atoms with van der Waals surface area (Å²) in [6.07, 6.45) is 4.46. The van der Waals surface area contributed by atoms with Crippen LogP contribution in [-0.2, 0) is 13.6 Å². The molecule has 124 valence electrons. The van der Waals surface area contributed by atoms with Gasteiger partial charge in [-0.05, 0) is 44.0 Å². The molecular formula is C18H25N3O2. The van der Waals surface area contributed by atoms with Crippen molar-refractivity contribution in [1.29, 1.82) is 0 Å². The molecule has 0 bridgehead atoms. The van der Waals surface area contributed by atoms with E-state index in [1.807, 2.05) is 19.1 Å². The molecule has 5 heteroatoms. The number of aliphatic hydroxyl groups is 1. The molecule has 0 radical (unpaired) electrons. The SMILES string of the molecule is Cc1cn(C)c([C@H]2CCCN2Cc2cccc(OCCO)c2)n1. The molecule has 1 atom stereocenters. The number of nitrogens with zero attached hydrogens (tertiary/aromatic N) is 3. The second-order valence-electron chi connectivity index (χ2n) is 6.20. The van der Waals surface area contributed by atoms with Gasteiger partial charge in [0, 0.05) is 19.8 Å². The van der Waals surface area contributed by atoms with Crippen molar-refractivity contribution in [2.24, 2.45) is 7.05 Å². The molecule has 23 heavy (non-hydrogen) atoms. The first-order chi connectivity index (χ1) is 11.2. The van der Waals surface area contributed by atoms with Gasteiger partial charge in [0.25, 0.3) is 0 Å². The zero-order valence-electron chi connectivity index (χ0n) is 13.9. The molecule has 2 heterocycles. The Hall–Kier alpha value is -1.85. The lowest BCUT2D eigenvalue weighted by Gasteiger charge is -2.24. The van der Waals surface area contributed by atoms with Crippen LogP contribution in [0.5, 0.6) is 5.75 Å². The molecule has 1 aromatic heterocycles. The minimum Gasteiger partial charge on any atom is -0.491 e. The van der Waals surface area contributed by atoms with Crippen molar-refractivity contribution in [2.45, 2.75) is 32.4 Å². The van der Waals surface area contributed by atoms with E-state index >= 15 is 0 Å². The minimum atomic E-state index is 0.0386. The Morgan fingerprint density at radius 3 is 3.00 bits per heavy atom. The van der Waals surface area contributed by atoms with Crippen LogP contribution in [0.25, 0.3) is 0 Å². The quantitative estimate of drug-likeness (QED) is 0.889. The van der Waals surface area contributed by atoms with Gasteiger partial charge in [-0.25, -0.2) is 4.98 Å². The lowest BCUT2D eigenvalue weighted by atomic mass is 10.1. The second kappa shape index (κ2) is 7.15. The number of aryl methyl sites for hydroxylation is 2. The summed E-state index contributed by atoms with van der Waals surface area (Å²) in [6, 6.07) is 8.52. The molecule has 1 N–H and O–H groups in total. The van der Waals surface area contributed by atoms with Crippen molar-refractivity contribution in [3.05, 3.63) is 47.5 Å². The van der Waals surface area contributed by atoms with Crippen molar-refractivity contribution in [3.63, 3.8) is 0 Å². The standard InChI is InChI=1S/C18H25N3O2/c1-14-12-20(2)18(19-14)17-7-4-8-21(17)13-15-5-3-6-16(11-15)23-10-9-22/h3,5-6,11-12,17,22H,4,7-10,13H2,1-2H3/t17-/m1/s1. The number of aliphatic hydroxyl groups excluding tert-OH is 1. The number of benzene rings is 1. The summed E-state index contributed by atoms with van der Waals surface area (Å²) < 4.78 is 7.66. The molecule has 0 aliphatic carbocycles. The third-order valence-electron chi connectivity index (χ3n) is 4.34. The molecule has 1 aliphatic rings. The first kappa shape index (κ1) is 16.0. The molecule has 5 nitrogen and oxygen atoms in total.